The van der Waals surface area contributed by atoms with Crippen molar-refractivity contribution < 1.29 is 23.9 Å². The number of ether oxygens (including phenoxy) is 2. The average Bonchev–Trinajstić information content (AvgIpc) is 3.59. The zero-order valence-electron chi connectivity index (χ0n) is 22.2. The van der Waals surface area contributed by atoms with Gasteiger partial charge in [-0.3, -0.25) is 19.4 Å². The van der Waals surface area contributed by atoms with Crippen LogP contribution in [0.1, 0.15) is 30.9 Å². The molecule has 0 saturated carbocycles. The summed E-state index contributed by atoms with van der Waals surface area (Å²) >= 11 is 1.20. The molecule has 0 aliphatic carbocycles. The number of carbonyl (C=O) groups excluding carboxylic acids is 3. The van der Waals surface area contributed by atoms with E-state index < -0.39 is 11.3 Å². The lowest BCUT2D eigenvalue weighted by Crippen LogP contribution is -2.43. The number of thioether (sulfide) groups is 1. The van der Waals surface area contributed by atoms with Crippen molar-refractivity contribution in [2.45, 2.75) is 37.6 Å². The Bertz CT molecular complexity index is 1570. The van der Waals surface area contributed by atoms with Crippen LogP contribution in [0.25, 0.3) is 0 Å². The van der Waals surface area contributed by atoms with Gasteiger partial charge in [0, 0.05) is 23.9 Å². The topological polar surface area (TPSA) is 122 Å². The minimum Gasteiger partial charge on any atom is -0.454 e. The highest BCUT2D eigenvalue weighted by Crippen LogP contribution is 2.37. The molecule has 0 bridgehead atoms. The van der Waals surface area contributed by atoms with Crippen molar-refractivity contribution in [3.8, 4) is 11.5 Å². The molecule has 2 atom stereocenters. The quantitative estimate of drug-likeness (QED) is 0.419. The van der Waals surface area contributed by atoms with Crippen molar-refractivity contribution in [2.75, 3.05) is 12.1 Å². The molecule has 41 heavy (non-hydrogen) atoms. The number of fused-ring (bicyclic) bond motifs is 4. The molecule has 11 heteroatoms. The Hall–Kier alpha value is -4.64. The largest absolute Gasteiger partial charge is 0.454 e. The summed E-state index contributed by atoms with van der Waals surface area (Å²) in [6.07, 6.45) is 0.398. The lowest BCUT2D eigenvalue weighted by atomic mass is 10.1. The molecule has 3 aromatic carbocycles. The molecule has 2 N–H and O–H groups in total. The SMILES string of the molecule is CC[C@@H](SC1=Nc2ccccc2C2=N[C@@H](CC(=O)NCc3ccccc3)C(=O)N12)C(=O)Nc1ccc2c(c1)OCO2. The number of carbonyl (C=O) groups is 3. The first kappa shape index (κ1) is 26.6. The van der Waals surface area contributed by atoms with Crippen molar-refractivity contribution in [2.24, 2.45) is 9.98 Å². The minimum atomic E-state index is -0.889. The Morgan fingerprint density at radius 3 is 2.66 bits per heavy atom. The number of nitrogens with zero attached hydrogens (tertiary/aromatic N) is 3. The molecule has 0 aromatic heterocycles. The summed E-state index contributed by atoms with van der Waals surface area (Å²) in [4.78, 5) is 50.5. The highest BCUT2D eigenvalue weighted by Gasteiger charge is 2.43. The second-order valence-electron chi connectivity index (χ2n) is 9.59. The third-order valence-corrected chi connectivity index (χ3v) is 8.13. The Labute approximate surface area is 240 Å². The predicted molar refractivity (Wildman–Crippen MR) is 156 cm³/mol. The number of para-hydroxylation sites is 1. The van der Waals surface area contributed by atoms with Crippen LogP contribution in [0, 0.1) is 0 Å². The fourth-order valence-corrected chi connectivity index (χ4v) is 5.72. The van der Waals surface area contributed by atoms with Gasteiger partial charge in [0.1, 0.15) is 11.9 Å². The second-order valence-corrected chi connectivity index (χ2v) is 10.8. The number of anilines is 1. The van der Waals surface area contributed by atoms with E-state index in [2.05, 4.69) is 15.6 Å². The molecule has 0 saturated heterocycles. The number of aliphatic imine (C=N–C) groups is 2. The van der Waals surface area contributed by atoms with Gasteiger partial charge in [0.15, 0.2) is 16.7 Å². The highest BCUT2D eigenvalue weighted by molar-refractivity contribution is 8.15. The summed E-state index contributed by atoms with van der Waals surface area (Å²) in [5, 5.41) is 5.60. The Morgan fingerprint density at radius 2 is 1.83 bits per heavy atom. The standard InChI is InChI=1S/C30H27N5O5S/c1-2-25(28(37)32-19-12-13-23-24(14-19)40-17-39-23)41-30-34-21-11-7-6-10-20(21)27-33-22(29(38)35(27)30)15-26(36)31-16-18-8-4-3-5-9-18/h3-14,22,25H,2,15-17H2,1H3,(H,31,36)(H,32,37)/t22-,25+/m0/s1. The van der Waals surface area contributed by atoms with E-state index in [1.54, 1.807) is 18.2 Å². The molecule has 10 nitrogen and oxygen atoms in total. The van der Waals surface area contributed by atoms with Crippen LogP contribution in [-0.2, 0) is 20.9 Å². The monoisotopic (exact) mass is 569 g/mol. The Balaban J connectivity index is 1.18. The van der Waals surface area contributed by atoms with Crippen LogP contribution in [0.4, 0.5) is 11.4 Å². The highest BCUT2D eigenvalue weighted by atomic mass is 32.2. The molecule has 0 radical (unpaired) electrons. The molecule has 3 aliphatic heterocycles. The third-order valence-electron chi connectivity index (χ3n) is 6.81. The van der Waals surface area contributed by atoms with Crippen molar-refractivity contribution in [3.05, 3.63) is 83.9 Å². The van der Waals surface area contributed by atoms with Gasteiger partial charge in [0.2, 0.25) is 18.6 Å². The summed E-state index contributed by atoms with van der Waals surface area (Å²) in [7, 11) is 0. The van der Waals surface area contributed by atoms with Gasteiger partial charge in [-0.2, -0.15) is 0 Å². The van der Waals surface area contributed by atoms with E-state index in [1.165, 1.54) is 16.7 Å². The van der Waals surface area contributed by atoms with E-state index in [1.807, 2.05) is 61.5 Å². The van der Waals surface area contributed by atoms with Gasteiger partial charge < -0.3 is 20.1 Å². The predicted octanol–water partition coefficient (Wildman–Crippen LogP) is 4.23. The molecular formula is C30H27N5O5S. The maximum atomic E-state index is 13.6. The maximum absolute atomic E-state index is 13.6. The first-order valence-electron chi connectivity index (χ1n) is 13.3. The molecule has 3 amide bonds. The Morgan fingerprint density at radius 1 is 1.05 bits per heavy atom. The van der Waals surface area contributed by atoms with Gasteiger partial charge in [0.25, 0.3) is 5.91 Å². The van der Waals surface area contributed by atoms with Crippen LogP contribution >= 0.6 is 11.8 Å². The number of nitrogens with one attached hydrogen (secondary N) is 2. The number of amides is 3. The fraction of sp³-hybridized carbons (Fsp3) is 0.233. The fourth-order valence-electron chi connectivity index (χ4n) is 4.70. The van der Waals surface area contributed by atoms with Crippen molar-refractivity contribution in [3.63, 3.8) is 0 Å². The summed E-state index contributed by atoms with van der Waals surface area (Å²) in [6, 6.07) is 21.3. The van der Waals surface area contributed by atoms with Crippen LogP contribution in [0.2, 0.25) is 0 Å². The molecule has 6 rings (SSSR count). The van der Waals surface area contributed by atoms with Crippen LogP contribution in [0.15, 0.2) is 82.8 Å². The van der Waals surface area contributed by atoms with E-state index in [-0.39, 0.29) is 30.9 Å². The summed E-state index contributed by atoms with van der Waals surface area (Å²) in [5.74, 6) is 0.781. The van der Waals surface area contributed by atoms with Gasteiger partial charge in [0.05, 0.1) is 17.4 Å². The molecule has 3 heterocycles. The lowest BCUT2D eigenvalue weighted by Gasteiger charge is -2.27. The van der Waals surface area contributed by atoms with E-state index in [9.17, 15) is 14.4 Å². The van der Waals surface area contributed by atoms with E-state index >= 15 is 0 Å². The smallest absolute Gasteiger partial charge is 0.259 e. The molecule has 3 aliphatic rings. The first-order chi connectivity index (χ1) is 20.0. The number of hydrogen-bond acceptors (Lipinski definition) is 8. The van der Waals surface area contributed by atoms with Gasteiger partial charge in [-0.25, -0.2) is 9.89 Å². The van der Waals surface area contributed by atoms with Gasteiger partial charge in [-0.1, -0.05) is 61.2 Å². The summed E-state index contributed by atoms with van der Waals surface area (Å²) in [5.41, 5.74) is 2.90. The third kappa shape index (κ3) is 5.53. The average molecular weight is 570 g/mol. The number of rotatable bonds is 8. The summed E-state index contributed by atoms with van der Waals surface area (Å²) < 4.78 is 10.8. The molecular weight excluding hydrogens is 542 g/mol. The van der Waals surface area contributed by atoms with E-state index in [0.29, 0.717) is 52.4 Å². The number of amidine groups is 2. The number of benzene rings is 3. The van der Waals surface area contributed by atoms with E-state index in [4.69, 9.17) is 14.5 Å². The van der Waals surface area contributed by atoms with Crippen LogP contribution in [0.3, 0.4) is 0 Å². The van der Waals surface area contributed by atoms with E-state index in [0.717, 1.165) is 5.56 Å². The van der Waals surface area contributed by atoms with Crippen molar-refractivity contribution in [1.82, 2.24) is 10.2 Å². The van der Waals surface area contributed by atoms with Gasteiger partial charge >= 0.3 is 0 Å². The number of hydrogen-bond donors (Lipinski definition) is 2. The molecule has 0 spiro atoms. The Kier molecular flexibility index (Phi) is 7.43. The molecule has 208 valence electrons. The zero-order chi connectivity index (χ0) is 28.3. The molecule has 0 unspecified atom stereocenters. The normalized spacial score (nSPS) is 17.2. The van der Waals surface area contributed by atoms with Crippen molar-refractivity contribution >= 4 is 51.9 Å². The second kappa shape index (κ2) is 11.5. The van der Waals surface area contributed by atoms with Crippen LogP contribution < -0.4 is 20.1 Å². The first-order valence-corrected chi connectivity index (χ1v) is 14.2. The molecule has 0 fully saturated rings. The summed E-state index contributed by atoms with van der Waals surface area (Å²) in [6.45, 7) is 2.41. The van der Waals surface area contributed by atoms with Gasteiger partial charge in [-0.05, 0) is 36.2 Å². The van der Waals surface area contributed by atoms with Crippen molar-refractivity contribution in [1.29, 1.82) is 0 Å². The lowest BCUT2D eigenvalue weighted by molar-refractivity contribution is -0.128. The zero-order valence-corrected chi connectivity index (χ0v) is 23.0. The van der Waals surface area contributed by atoms with Crippen LogP contribution in [0.5, 0.6) is 11.5 Å². The maximum Gasteiger partial charge on any atom is 0.259 e. The molecule has 3 aromatic rings. The van der Waals surface area contributed by atoms with Crippen LogP contribution in [-0.4, -0.2) is 51.7 Å². The van der Waals surface area contributed by atoms with Gasteiger partial charge in [-0.15, -0.1) is 0 Å². The minimum absolute atomic E-state index is 0.0897.